The molecule has 2 aliphatic carbocycles. The minimum atomic E-state index is -0.229. The first-order valence-corrected chi connectivity index (χ1v) is 9.10. The highest BCUT2D eigenvalue weighted by Crippen LogP contribution is 2.48. The monoisotopic (exact) mass is 332 g/mol. The van der Waals surface area contributed by atoms with Crippen LogP contribution in [0.4, 0.5) is 4.39 Å². The molecule has 1 aromatic carbocycles. The number of carbonyl (C=O) groups excluding carboxylic acids is 1. The molecule has 1 saturated heterocycles. The fraction of sp³-hybridized carbons (Fsp3) is 0.632. The van der Waals surface area contributed by atoms with Crippen LogP contribution in [0, 0.1) is 11.7 Å². The summed E-state index contributed by atoms with van der Waals surface area (Å²) in [6.45, 7) is 3.24. The quantitative estimate of drug-likeness (QED) is 0.921. The number of aliphatic hydroxyl groups is 1. The first kappa shape index (κ1) is 16.0. The number of halogens is 1. The topological polar surface area (TPSA) is 43.8 Å². The highest BCUT2D eigenvalue weighted by Gasteiger charge is 2.46. The van der Waals surface area contributed by atoms with E-state index in [4.69, 9.17) is 0 Å². The van der Waals surface area contributed by atoms with E-state index in [1.807, 2.05) is 4.90 Å². The predicted octanol–water partition coefficient (Wildman–Crippen LogP) is 1.99. The predicted molar refractivity (Wildman–Crippen MR) is 89.0 cm³/mol. The van der Waals surface area contributed by atoms with Crippen LogP contribution in [-0.2, 0) is 4.79 Å². The fourth-order valence-electron chi connectivity index (χ4n) is 4.40. The molecule has 3 fully saturated rings. The zero-order valence-electron chi connectivity index (χ0n) is 13.9. The summed E-state index contributed by atoms with van der Waals surface area (Å²) in [6, 6.07) is 6.83. The molecule has 1 heterocycles. The van der Waals surface area contributed by atoms with Gasteiger partial charge in [-0.15, -0.1) is 0 Å². The molecule has 1 aromatic rings. The maximum absolute atomic E-state index is 13.0. The summed E-state index contributed by atoms with van der Waals surface area (Å²) in [4.78, 5) is 17.0. The number of benzene rings is 1. The van der Waals surface area contributed by atoms with Gasteiger partial charge in [0.2, 0.25) is 5.91 Å². The molecule has 4 nitrogen and oxygen atoms in total. The number of hydrogen-bond donors (Lipinski definition) is 1. The Morgan fingerprint density at radius 1 is 1.08 bits per heavy atom. The lowest BCUT2D eigenvalue weighted by atomic mass is 10.1. The molecule has 4 atom stereocenters. The van der Waals surface area contributed by atoms with Gasteiger partial charge >= 0.3 is 0 Å². The van der Waals surface area contributed by atoms with Crippen LogP contribution in [0.2, 0.25) is 0 Å². The highest BCUT2D eigenvalue weighted by molar-refractivity contribution is 5.83. The summed E-state index contributed by atoms with van der Waals surface area (Å²) in [5.41, 5.74) is 1.07. The molecule has 0 aromatic heterocycles. The maximum Gasteiger partial charge on any atom is 0.226 e. The van der Waals surface area contributed by atoms with Crippen molar-refractivity contribution in [3.05, 3.63) is 35.6 Å². The molecule has 0 unspecified atom stereocenters. The molecule has 0 bridgehead atoms. The maximum atomic E-state index is 13.0. The molecule has 5 heteroatoms. The van der Waals surface area contributed by atoms with Gasteiger partial charge in [0.15, 0.2) is 0 Å². The van der Waals surface area contributed by atoms with Gasteiger partial charge in [-0.25, -0.2) is 4.39 Å². The van der Waals surface area contributed by atoms with Gasteiger partial charge in [0.05, 0.1) is 6.10 Å². The molecule has 1 N–H and O–H groups in total. The van der Waals surface area contributed by atoms with E-state index < -0.39 is 0 Å². The minimum Gasteiger partial charge on any atom is -0.391 e. The number of carbonyl (C=O) groups is 1. The first-order chi connectivity index (χ1) is 11.6. The molecule has 2 saturated carbocycles. The Kier molecular flexibility index (Phi) is 4.31. The zero-order chi connectivity index (χ0) is 16.7. The van der Waals surface area contributed by atoms with Gasteiger partial charge < -0.3 is 10.0 Å². The van der Waals surface area contributed by atoms with Crippen molar-refractivity contribution in [2.24, 2.45) is 5.92 Å². The summed E-state index contributed by atoms with van der Waals surface area (Å²) in [5, 5.41) is 10.0. The van der Waals surface area contributed by atoms with Crippen molar-refractivity contribution in [3.8, 4) is 0 Å². The second-order valence-corrected chi connectivity index (χ2v) is 7.43. The number of aliphatic hydroxyl groups excluding tert-OH is 1. The Hall–Kier alpha value is -1.46. The third-order valence-electron chi connectivity index (χ3n) is 5.94. The SMILES string of the molecule is O=C([C@@H]1C[C@@H]1c1ccc(F)cc1)N1CCN([C@@H]2CCC[C@H]2O)CC1. The van der Waals surface area contributed by atoms with E-state index in [9.17, 15) is 14.3 Å². The van der Waals surface area contributed by atoms with Crippen molar-refractivity contribution in [2.75, 3.05) is 26.2 Å². The van der Waals surface area contributed by atoms with Crippen LogP contribution < -0.4 is 0 Å². The van der Waals surface area contributed by atoms with Crippen LogP contribution >= 0.6 is 0 Å². The van der Waals surface area contributed by atoms with Gasteiger partial charge in [0.25, 0.3) is 0 Å². The lowest BCUT2D eigenvalue weighted by Crippen LogP contribution is -2.54. The van der Waals surface area contributed by atoms with Gasteiger partial charge in [-0.3, -0.25) is 9.69 Å². The lowest BCUT2D eigenvalue weighted by Gasteiger charge is -2.39. The van der Waals surface area contributed by atoms with E-state index in [-0.39, 0.29) is 35.7 Å². The lowest BCUT2D eigenvalue weighted by molar-refractivity contribution is -0.135. The van der Waals surface area contributed by atoms with Crippen LogP contribution in [0.25, 0.3) is 0 Å². The molecule has 1 amide bonds. The summed E-state index contributed by atoms with van der Waals surface area (Å²) >= 11 is 0. The largest absolute Gasteiger partial charge is 0.391 e. The van der Waals surface area contributed by atoms with Gasteiger partial charge in [0.1, 0.15) is 5.82 Å². The highest BCUT2D eigenvalue weighted by atomic mass is 19.1. The average Bonchev–Trinajstić information content (AvgIpc) is 3.29. The minimum absolute atomic E-state index is 0.0686. The third kappa shape index (κ3) is 3.07. The number of nitrogens with zero attached hydrogens (tertiary/aromatic N) is 2. The molecule has 130 valence electrons. The van der Waals surface area contributed by atoms with Gasteiger partial charge in [-0.2, -0.15) is 0 Å². The molecule has 0 spiro atoms. The molecule has 3 aliphatic rings. The van der Waals surface area contributed by atoms with Crippen molar-refractivity contribution in [1.29, 1.82) is 0 Å². The fourth-order valence-corrected chi connectivity index (χ4v) is 4.40. The summed E-state index contributed by atoms with van der Waals surface area (Å²) in [6.07, 6.45) is 3.77. The van der Waals surface area contributed by atoms with Gasteiger partial charge in [-0.05, 0) is 49.3 Å². The van der Waals surface area contributed by atoms with Gasteiger partial charge in [0, 0.05) is 38.1 Å². The van der Waals surface area contributed by atoms with E-state index in [2.05, 4.69) is 4.90 Å². The van der Waals surface area contributed by atoms with E-state index in [1.165, 1.54) is 12.1 Å². The normalized spacial score (nSPS) is 33.7. The summed E-state index contributed by atoms with van der Waals surface area (Å²) in [7, 11) is 0. The van der Waals surface area contributed by atoms with Gasteiger partial charge in [-0.1, -0.05) is 12.1 Å². The Balaban J connectivity index is 1.30. The average molecular weight is 332 g/mol. The van der Waals surface area contributed by atoms with E-state index in [0.717, 1.165) is 57.4 Å². The van der Waals surface area contributed by atoms with Crippen LogP contribution in [0.3, 0.4) is 0 Å². The molecule has 1 aliphatic heterocycles. The number of piperazine rings is 1. The molecular formula is C19H25FN2O2. The van der Waals surface area contributed by atoms with E-state index >= 15 is 0 Å². The van der Waals surface area contributed by atoms with E-state index in [1.54, 1.807) is 12.1 Å². The second-order valence-electron chi connectivity index (χ2n) is 7.43. The van der Waals surface area contributed by atoms with Crippen LogP contribution in [0.5, 0.6) is 0 Å². The van der Waals surface area contributed by atoms with Crippen LogP contribution in [0.1, 0.15) is 37.2 Å². The van der Waals surface area contributed by atoms with Crippen LogP contribution in [-0.4, -0.2) is 59.1 Å². The Labute approximate surface area is 142 Å². The number of rotatable bonds is 3. The molecule has 24 heavy (non-hydrogen) atoms. The van der Waals surface area contributed by atoms with Crippen molar-refractivity contribution >= 4 is 5.91 Å². The molecule has 0 radical (unpaired) electrons. The van der Waals surface area contributed by atoms with Crippen molar-refractivity contribution in [1.82, 2.24) is 9.80 Å². The summed E-state index contributed by atoms with van der Waals surface area (Å²) in [5.74, 6) is 0.343. The van der Waals surface area contributed by atoms with E-state index in [0.29, 0.717) is 0 Å². The van der Waals surface area contributed by atoms with Crippen molar-refractivity contribution in [2.45, 2.75) is 43.7 Å². The second kappa shape index (κ2) is 6.45. The third-order valence-corrected chi connectivity index (χ3v) is 5.94. The van der Waals surface area contributed by atoms with Crippen molar-refractivity contribution < 1.29 is 14.3 Å². The standard InChI is InChI=1S/C19H25FN2O2/c20-14-6-4-13(5-7-14)15-12-16(15)19(24)22-10-8-21(9-11-22)17-2-1-3-18(17)23/h4-7,15-18,23H,1-3,8-12H2/t15-,16-,17-,18-/m1/s1. The Morgan fingerprint density at radius 2 is 1.79 bits per heavy atom. The Bertz CT molecular complexity index is 598. The van der Waals surface area contributed by atoms with Crippen LogP contribution in [0.15, 0.2) is 24.3 Å². The summed E-state index contributed by atoms with van der Waals surface area (Å²) < 4.78 is 13.0. The van der Waals surface area contributed by atoms with Crippen molar-refractivity contribution in [3.63, 3.8) is 0 Å². The molecule has 4 rings (SSSR count). The number of hydrogen-bond acceptors (Lipinski definition) is 3. The molecular weight excluding hydrogens is 307 g/mol. The first-order valence-electron chi connectivity index (χ1n) is 9.10. The zero-order valence-corrected chi connectivity index (χ0v) is 13.9. The smallest absolute Gasteiger partial charge is 0.226 e. The number of amides is 1. The Morgan fingerprint density at radius 3 is 2.42 bits per heavy atom.